The summed E-state index contributed by atoms with van der Waals surface area (Å²) in [5.74, 6) is 1.86. The molecular formula is C11H21Br. The molecule has 1 saturated carbocycles. The van der Waals surface area contributed by atoms with Gasteiger partial charge in [0.25, 0.3) is 0 Å². The van der Waals surface area contributed by atoms with E-state index >= 15 is 0 Å². The number of alkyl halides is 1. The summed E-state index contributed by atoms with van der Waals surface area (Å²) >= 11 is 3.64. The first-order valence-corrected chi connectivity index (χ1v) is 6.29. The Labute approximate surface area is 85.3 Å². The van der Waals surface area contributed by atoms with Crippen molar-refractivity contribution in [2.24, 2.45) is 17.3 Å². The van der Waals surface area contributed by atoms with Crippen LogP contribution in [-0.4, -0.2) is 5.33 Å². The van der Waals surface area contributed by atoms with E-state index in [9.17, 15) is 0 Å². The van der Waals surface area contributed by atoms with Crippen LogP contribution in [0.3, 0.4) is 0 Å². The van der Waals surface area contributed by atoms with Crippen molar-refractivity contribution in [3.05, 3.63) is 0 Å². The average molecular weight is 233 g/mol. The SMILES string of the molecule is CC(C)CCCC1(CBr)CC1C. The summed E-state index contributed by atoms with van der Waals surface area (Å²) in [6.45, 7) is 7.02. The van der Waals surface area contributed by atoms with Gasteiger partial charge in [0.2, 0.25) is 0 Å². The van der Waals surface area contributed by atoms with E-state index in [1.165, 1.54) is 31.0 Å². The molecule has 0 amide bonds. The highest BCUT2D eigenvalue weighted by molar-refractivity contribution is 9.09. The Morgan fingerprint density at radius 1 is 1.50 bits per heavy atom. The Morgan fingerprint density at radius 2 is 2.08 bits per heavy atom. The van der Waals surface area contributed by atoms with Crippen molar-refractivity contribution in [2.75, 3.05) is 5.33 Å². The molecule has 0 radical (unpaired) electrons. The maximum atomic E-state index is 3.64. The predicted molar refractivity (Wildman–Crippen MR) is 58.7 cm³/mol. The van der Waals surface area contributed by atoms with E-state index < -0.39 is 0 Å². The molecule has 0 aromatic rings. The minimum Gasteiger partial charge on any atom is -0.0922 e. The van der Waals surface area contributed by atoms with Crippen molar-refractivity contribution >= 4 is 15.9 Å². The van der Waals surface area contributed by atoms with E-state index in [0.29, 0.717) is 5.41 Å². The topological polar surface area (TPSA) is 0 Å². The van der Waals surface area contributed by atoms with Crippen LogP contribution in [0.1, 0.15) is 46.5 Å². The van der Waals surface area contributed by atoms with Gasteiger partial charge < -0.3 is 0 Å². The first-order chi connectivity index (χ1) is 5.60. The molecule has 0 nitrogen and oxygen atoms in total. The van der Waals surface area contributed by atoms with Gasteiger partial charge in [0.05, 0.1) is 0 Å². The van der Waals surface area contributed by atoms with Crippen LogP contribution >= 0.6 is 15.9 Å². The van der Waals surface area contributed by atoms with Crippen LogP contribution in [0.2, 0.25) is 0 Å². The third kappa shape index (κ3) is 2.48. The highest BCUT2D eigenvalue weighted by Crippen LogP contribution is 2.56. The summed E-state index contributed by atoms with van der Waals surface area (Å²) in [5.41, 5.74) is 0.703. The molecular weight excluding hydrogens is 212 g/mol. The molecule has 72 valence electrons. The van der Waals surface area contributed by atoms with Gasteiger partial charge in [-0.3, -0.25) is 0 Å². The summed E-state index contributed by atoms with van der Waals surface area (Å²) in [6, 6.07) is 0. The minimum atomic E-state index is 0.703. The maximum Gasteiger partial charge on any atom is 0.00906 e. The molecule has 0 heterocycles. The van der Waals surface area contributed by atoms with Gasteiger partial charge in [-0.2, -0.15) is 0 Å². The molecule has 0 N–H and O–H groups in total. The molecule has 1 aliphatic rings. The van der Waals surface area contributed by atoms with E-state index in [1.54, 1.807) is 0 Å². The molecule has 0 saturated heterocycles. The molecule has 0 aromatic heterocycles. The van der Waals surface area contributed by atoms with Crippen LogP contribution in [0.5, 0.6) is 0 Å². The first kappa shape index (κ1) is 10.6. The van der Waals surface area contributed by atoms with Gasteiger partial charge >= 0.3 is 0 Å². The predicted octanol–water partition coefficient (Wildman–Crippen LogP) is 4.23. The van der Waals surface area contributed by atoms with Crippen LogP contribution < -0.4 is 0 Å². The normalized spacial score (nSPS) is 34.2. The monoisotopic (exact) mass is 232 g/mol. The highest BCUT2D eigenvalue weighted by atomic mass is 79.9. The molecule has 1 fully saturated rings. The Morgan fingerprint density at radius 3 is 2.42 bits per heavy atom. The number of hydrogen-bond acceptors (Lipinski definition) is 0. The number of halogens is 1. The molecule has 1 heteroatoms. The molecule has 0 spiro atoms. The van der Waals surface area contributed by atoms with Crippen molar-refractivity contribution in [1.82, 2.24) is 0 Å². The van der Waals surface area contributed by atoms with Gasteiger partial charge in [-0.1, -0.05) is 49.5 Å². The van der Waals surface area contributed by atoms with Crippen LogP contribution in [-0.2, 0) is 0 Å². The van der Waals surface area contributed by atoms with Crippen LogP contribution in [0.25, 0.3) is 0 Å². The fourth-order valence-electron chi connectivity index (χ4n) is 2.01. The number of hydrogen-bond donors (Lipinski definition) is 0. The lowest BCUT2D eigenvalue weighted by Crippen LogP contribution is -2.05. The fraction of sp³-hybridized carbons (Fsp3) is 1.00. The summed E-state index contributed by atoms with van der Waals surface area (Å²) in [7, 11) is 0. The van der Waals surface area contributed by atoms with Gasteiger partial charge in [0.1, 0.15) is 0 Å². The lowest BCUT2D eigenvalue weighted by molar-refractivity contribution is 0.428. The second-order valence-electron chi connectivity index (χ2n) is 4.89. The molecule has 2 atom stereocenters. The zero-order chi connectivity index (χ0) is 9.19. The molecule has 0 aliphatic heterocycles. The smallest absolute Gasteiger partial charge is 0.00906 e. The van der Waals surface area contributed by atoms with Gasteiger partial charge in [-0.25, -0.2) is 0 Å². The van der Waals surface area contributed by atoms with E-state index in [0.717, 1.165) is 11.8 Å². The number of rotatable bonds is 5. The fourth-order valence-corrected chi connectivity index (χ4v) is 3.08. The van der Waals surface area contributed by atoms with E-state index in [4.69, 9.17) is 0 Å². The summed E-state index contributed by atoms with van der Waals surface area (Å²) in [4.78, 5) is 0. The molecule has 0 aromatic carbocycles. The van der Waals surface area contributed by atoms with Crippen molar-refractivity contribution in [2.45, 2.75) is 46.5 Å². The largest absolute Gasteiger partial charge is 0.0922 e. The Balaban J connectivity index is 2.14. The quantitative estimate of drug-likeness (QED) is 0.623. The summed E-state index contributed by atoms with van der Waals surface area (Å²) < 4.78 is 0. The highest BCUT2D eigenvalue weighted by Gasteiger charge is 2.48. The van der Waals surface area contributed by atoms with E-state index in [-0.39, 0.29) is 0 Å². The van der Waals surface area contributed by atoms with E-state index in [2.05, 4.69) is 36.7 Å². The Hall–Kier alpha value is 0.480. The molecule has 12 heavy (non-hydrogen) atoms. The third-order valence-electron chi connectivity index (χ3n) is 3.32. The van der Waals surface area contributed by atoms with Crippen LogP contribution in [0.4, 0.5) is 0 Å². The van der Waals surface area contributed by atoms with Gasteiger partial charge in [-0.05, 0) is 30.1 Å². The Kier molecular flexibility index (Phi) is 3.63. The zero-order valence-electron chi connectivity index (χ0n) is 8.57. The standard InChI is InChI=1S/C11H21Br/c1-9(2)5-4-6-11(8-12)7-10(11)3/h9-10H,4-8H2,1-3H3. The van der Waals surface area contributed by atoms with E-state index in [1.807, 2.05) is 0 Å². The van der Waals surface area contributed by atoms with Crippen LogP contribution in [0.15, 0.2) is 0 Å². The second kappa shape index (κ2) is 4.13. The summed E-state index contributed by atoms with van der Waals surface area (Å²) in [6.07, 6.45) is 5.73. The molecule has 1 rings (SSSR count). The van der Waals surface area contributed by atoms with Crippen LogP contribution in [0, 0.1) is 17.3 Å². The van der Waals surface area contributed by atoms with Crippen molar-refractivity contribution in [1.29, 1.82) is 0 Å². The Bertz CT molecular complexity index is 138. The molecule has 1 aliphatic carbocycles. The van der Waals surface area contributed by atoms with Crippen molar-refractivity contribution in [3.63, 3.8) is 0 Å². The lowest BCUT2D eigenvalue weighted by Gasteiger charge is -2.13. The first-order valence-electron chi connectivity index (χ1n) is 5.17. The average Bonchev–Trinajstić information content (AvgIpc) is 2.62. The van der Waals surface area contributed by atoms with Gasteiger partial charge in [0, 0.05) is 5.33 Å². The van der Waals surface area contributed by atoms with Crippen molar-refractivity contribution in [3.8, 4) is 0 Å². The summed E-state index contributed by atoms with van der Waals surface area (Å²) in [5, 5.41) is 1.22. The maximum absolute atomic E-state index is 3.64. The van der Waals surface area contributed by atoms with Gasteiger partial charge in [-0.15, -0.1) is 0 Å². The second-order valence-corrected chi connectivity index (χ2v) is 5.45. The lowest BCUT2D eigenvalue weighted by atomic mass is 9.96. The van der Waals surface area contributed by atoms with Crippen molar-refractivity contribution < 1.29 is 0 Å². The zero-order valence-corrected chi connectivity index (χ0v) is 10.2. The minimum absolute atomic E-state index is 0.703. The molecule has 2 unspecified atom stereocenters. The molecule has 0 bridgehead atoms. The third-order valence-corrected chi connectivity index (χ3v) is 4.44. The van der Waals surface area contributed by atoms with Gasteiger partial charge in [0.15, 0.2) is 0 Å².